The third-order valence-electron chi connectivity index (χ3n) is 4.80. The Morgan fingerprint density at radius 1 is 1.13 bits per heavy atom. The van der Waals surface area contributed by atoms with Gasteiger partial charge < -0.3 is 5.32 Å². The molecule has 0 atom stereocenters. The highest BCUT2D eigenvalue weighted by Gasteiger charge is 2.29. The van der Waals surface area contributed by atoms with Crippen LogP contribution in [0.2, 0.25) is 0 Å². The molecule has 1 aliphatic heterocycles. The highest BCUT2D eigenvalue weighted by Crippen LogP contribution is 2.25. The smallest absolute Gasteiger partial charge is 0.255 e. The third-order valence-corrected chi connectivity index (χ3v) is 6.71. The SMILES string of the molecule is O=C(Nc1cccnc1-n1cncn1)c1ccc(F)c(S(=O)(=O)N2CCCCC2)c1. The van der Waals surface area contributed by atoms with E-state index < -0.39 is 26.6 Å². The van der Waals surface area contributed by atoms with Gasteiger partial charge in [-0.05, 0) is 43.2 Å². The van der Waals surface area contributed by atoms with Crippen LogP contribution < -0.4 is 5.32 Å². The molecule has 4 rings (SSSR count). The first kappa shape index (κ1) is 20.1. The van der Waals surface area contributed by atoms with E-state index in [1.807, 2.05) is 0 Å². The Bertz CT molecular complexity index is 1160. The molecular weight excluding hydrogens is 411 g/mol. The van der Waals surface area contributed by atoms with Gasteiger partial charge in [0.15, 0.2) is 5.82 Å². The van der Waals surface area contributed by atoms with E-state index in [4.69, 9.17) is 0 Å². The maximum atomic E-state index is 14.4. The second kappa shape index (κ2) is 8.28. The standard InChI is InChI=1S/C19H19FN6O3S/c20-15-7-6-14(11-17(15)30(28,29)25-9-2-1-3-10-25)19(27)24-16-5-4-8-22-18(16)26-13-21-12-23-26/h4-8,11-13H,1-3,9-10H2,(H,24,27). The molecule has 0 unspecified atom stereocenters. The lowest BCUT2D eigenvalue weighted by atomic mass is 10.2. The largest absolute Gasteiger partial charge is 0.319 e. The number of aromatic nitrogens is 4. The summed E-state index contributed by atoms with van der Waals surface area (Å²) < 4.78 is 42.8. The molecule has 1 aliphatic rings. The van der Waals surface area contributed by atoms with Crippen LogP contribution in [0.4, 0.5) is 10.1 Å². The Hall–Kier alpha value is -3.18. The first-order valence-electron chi connectivity index (χ1n) is 9.38. The van der Waals surface area contributed by atoms with Crippen LogP contribution >= 0.6 is 0 Å². The Morgan fingerprint density at radius 3 is 2.67 bits per heavy atom. The molecule has 0 aliphatic carbocycles. The summed E-state index contributed by atoms with van der Waals surface area (Å²) in [6.45, 7) is 0.685. The topological polar surface area (TPSA) is 110 Å². The monoisotopic (exact) mass is 430 g/mol. The number of hydrogen-bond acceptors (Lipinski definition) is 6. The van der Waals surface area contributed by atoms with Gasteiger partial charge >= 0.3 is 0 Å². The Labute approximate surface area is 172 Å². The summed E-state index contributed by atoms with van der Waals surface area (Å²) in [5.74, 6) is -1.15. The van der Waals surface area contributed by atoms with Gasteiger partial charge in [0.25, 0.3) is 5.91 Å². The van der Waals surface area contributed by atoms with Gasteiger partial charge in [-0.1, -0.05) is 6.42 Å². The van der Waals surface area contributed by atoms with E-state index in [0.29, 0.717) is 24.6 Å². The number of rotatable bonds is 5. The van der Waals surface area contributed by atoms with E-state index in [2.05, 4.69) is 20.4 Å². The summed E-state index contributed by atoms with van der Waals surface area (Å²) >= 11 is 0. The lowest BCUT2D eigenvalue weighted by Crippen LogP contribution is -2.36. The molecule has 11 heteroatoms. The molecule has 0 radical (unpaired) electrons. The lowest BCUT2D eigenvalue weighted by Gasteiger charge is -2.26. The Kier molecular flexibility index (Phi) is 5.55. The molecule has 1 aromatic carbocycles. The number of piperidine rings is 1. The van der Waals surface area contributed by atoms with Crippen LogP contribution in [0.25, 0.3) is 5.82 Å². The maximum Gasteiger partial charge on any atom is 0.255 e. The molecule has 1 saturated heterocycles. The molecule has 1 amide bonds. The molecule has 156 valence electrons. The van der Waals surface area contributed by atoms with Crippen LogP contribution in [0.3, 0.4) is 0 Å². The average molecular weight is 430 g/mol. The summed E-state index contributed by atoms with van der Waals surface area (Å²) in [6.07, 6.45) is 6.70. The van der Waals surface area contributed by atoms with Crippen LogP contribution in [0.5, 0.6) is 0 Å². The van der Waals surface area contributed by atoms with Gasteiger partial charge in [0.1, 0.15) is 23.4 Å². The van der Waals surface area contributed by atoms with E-state index >= 15 is 0 Å². The van der Waals surface area contributed by atoms with Gasteiger partial charge in [-0.15, -0.1) is 0 Å². The number of hydrogen-bond donors (Lipinski definition) is 1. The van der Waals surface area contributed by atoms with Gasteiger partial charge in [-0.2, -0.15) is 9.40 Å². The summed E-state index contributed by atoms with van der Waals surface area (Å²) in [7, 11) is -4.02. The zero-order valence-electron chi connectivity index (χ0n) is 15.9. The molecule has 0 spiro atoms. The maximum absolute atomic E-state index is 14.4. The van der Waals surface area contributed by atoms with Gasteiger partial charge in [-0.3, -0.25) is 4.79 Å². The van der Waals surface area contributed by atoms with Crippen molar-refractivity contribution in [2.75, 3.05) is 18.4 Å². The van der Waals surface area contributed by atoms with Gasteiger partial charge in [0.2, 0.25) is 10.0 Å². The van der Waals surface area contributed by atoms with Crippen molar-refractivity contribution in [2.45, 2.75) is 24.2 Å². The molecule has 30 heavy (non-hydrogen) atoms. The fourth-order valence-electron chi connectivity index (χ4n) is 3.28. The fraction of sp³-hybridized carbons (Fsp3) is 0.263. The first-order chi connectivity index (χ1) is 14.5. The first-order valence-corrected chi connectivity index (χ1v) is 10.8. The second-order valence-corrected chi connectivity index (χ2v) is 8.69. The molecule has 3 heterocycles. The van der Waals surface area contributed by atoms with E-state index in [9.17, 15) is 17.6 Å². The third kappa shape index (κ3) is 3.94. The van der Waals surface area contributed by atoms with Crippen molar-refractivity contribution in [3.8, 4) is 5.82 Å². The number of carbonyl (C=O) groups excluding carboxylic acids is 1. The van der Waals surface area contributed by atoms with Crippen molar-refractivity contribution >= 4 is 21.6 Å². The summed E-state index contributed by atoms with van der Waals surface area (Å²) in [5.41, 5.74) is 0.359. The van der Waals surface area contributed by atoms with Crippen LogP contribution in [-0.4, -0.2) is 51.5 Å². The van der Waals surface area contributed by atoms with E-state index in [-0.39, 0.29) is 5.56 Å². The molecule has 3 aromatic rings. The van der Waals surface area contributed by atoms with Crippen molar-refractivity contribution < 1.29 is 17.6 Å². The van der Waals surface area contributed by atoms with Crippen LogP contribution in [0.15, 0.2) is 54.1 Å². The van der Waals surface area contributed by atoms with Crippen molar-refractivity contribution in [1.29, 1.82) is 0 Å². The van der Waals surface area contributed by atoms with Crippen molar-refractivity contribution in [3.63, 3.8) is 0 Å². The number of carbonyl (C=O) groups is 1. The normalized spacial score (nSPS) is 15.1. The molecule has 1 fully saturated rings. The number of nitrogens with zero attached hydrogens (tertiary/aromatic N) is 5. The number of pyridine rings is 1. The summed E-state index contributed by atoms with van der Waals surface area (Å²) in [4.78, 5) is 20.3. The highest BCUT2D eigenvalue weighted by atomic mass is 32.2. The van der Waals surface area contributed by atoms with Crippen molar-refractivity contribution in [2.24, 2.45) is 0 Å². The minimum absolute atomic E-state index is 0.0142. The van der Waals surface area contributed by atoms with Crippen LogP contribution in [0, 0.1) is 5.82 Å². The second-order valence-electron chi connectivity index (χ2n) is 6.78. The molecule has 2 aromatic heterocycles. The Morgan fingerprint density at radius 2 is 1.93 bits per heavy atom. The van der Waals surface area contributed by atoms with Crippen molar-refractivity contribution in [1.82, 2.24) is 24.1 Å². The van der Waals surface area contributed by atoms with Crippen LogP contribution in [0.1, 0.15) is 29.6 Å². The quantitative estimate of drug-likeness (QED) is 0.665. The zero-order chi connectivity index (χ0) is 21.1. The van der Waals surface area contributed by atoms with E-state index in [1.165, 1.54) is 33.9 Å². The number of anilines is 1. The number of nitrogens with one attached hydrogen (secondary N) is 1. The van der Waals surface area contributed by atoms with Gasteiger partial charge in [0, 0.05) is 24.8 Å². The highest BCUT2D eigenvalue weighted by molar-refractivity contribution is 7.89. The summed E-state index contributed by atoms with van der Waals surface area (Å²) in [5, 5.41) is 6.67. The molecule has 0 saturated carbocycles. The number of halogens is 1. The minimum atomic E-state index is -4.02. The molecule has 0 bridgehead atoms. The fourth-order valence-corrected chi connectivity index (χ4v) is 4.88. The van der Waals surface area contributed by atoms with Gasteiger partial charge in [-0.25, -0.2) is 27.5 Å². The Balaban J connectivity index is 1.63. The number of amides is 1. The minimum Gasteiger partial charge on any atom is -0.319 e. The molecular formula is C19H19FN6O3S. The number of sulfonamides is 1. The van der Waals surface area contributed by atoms with Gasteiger partial charge in [0.05, 0.1) is 5.69 Å². The van der Waals surface area contributed by atoms with E-state index in [1.54, 1.807) is 12.1 Å². The predicted octanol–water partition coefficient (Wildman–Crippen LogP) is 2.23. The molecule has 1 N–H and O–H groups in total. The lowest BCUT2D eigenvalue weighted by molar-refractivity contribution is 0.102. The average Bonchev–Trinajstić information content (AvgIpc) is 3.29. The summed E-state index contributed by atoms with van der Waals surface area (Å²) in [6, 6.07) is 6.56. The van der Waals surface area contributed by atoms with Crippen molar-refractivity contribution in [3.05, 3.63) is 60.6 Å². The molecule has 9 nitrogen and oxygen atoms in total. The van der Waals surface area contributed by atoms with Crippen LogP contribution in [-0.2, 0) is 10.0 Å². The van der Waals surface area contributed by atoms with E-state index in [0.717, 1.165) is 31.4 Å². The predicted molar refractivity (Wildman–Crippen MR) is 106 cm³/mol. The number of benzene rings is 1. The zero-order valence-corrected chi connectivity index (χ0v) is 16.7.